The molecule has 4 nitrogen and oxygen atoms in total. The van der Waals surface area contributed by atoms with Gasteiger partial charge in [-0.1, -0.05) is 12.8 Å². The number of carbonyl (C=O) groups excluding carboxylic acids is 1. The molecule has 0 bridgehead atoms. The highest BCUT2D eigenvalue weighted by atomic mass is 127. The van der Waals surface area contributed by atoms with Crippen LogP contribution in [0.2, 0.25) is 0 Å². The third kappa shape index (κ3) is 2.08. The summed E-state index contributed by atoms with van der Waals surface area (Å²) in [5, 5.41) is 9.54. The van der Waals surface area contributed by atoms with Crippen molar-refractivity contribution in [3.8, 4) is 0 Å². The largest absolute Gasteiger partial charge is 0.348 e. The molecule has 0 atom stereocenters. The van der Waals surface area contributed by atoms with E-state index in [0.717, 1.165) is 16.4 Å². The number of hydrogen-bond acceptors (Lipinski definition) is 2. The van der Waals surface area contributed by atoms with E-state index in [9.17, 15) is 4.79 Å². The number of aromatic nitrogens is 2. The number of nitrogens with zero attached hydrogens (tertiary/aromatic N) is 1. The number of nitrogens with one attached hydrogen (secondary N) is 2. The van der Waals surface area contributed by atoms with E-state index in [-0.39, 0.29) is 5.91 Å². The molecular formula is C9H12IN3O. The minimum Gasteiger partial charge on any atom is -0.348 e. The Kier molecular flexibility index (Phi) is 3.05. The number of halogens is 1. The molecule has 1 amide bonds. The Morgan fingerprint density at radius 2 is 2.29 bits per heavy atom. The van der Waals surface area contributed by atoms with Gasteiger partial charge in [-0.2, -0.15) is 5.10 Å². The van der Waals surface area contributed by atoms with Crippen LogP contribution in [0.25, 0.3) is 0 Å². The van der Waals surface area contributed by atoms with Crippen LogP contribution in [0.15, 0.2) is 6.20 Å². The van der Waals surface area contributed by atoms with Crippen molar-refractivity contribution in [2.45, 2.75) is 31.7 Å². The molecule has 2 rings (SSSR count). The van der Waals surface area contributed by atoms with Crippen LogP contribution in [-0.4, -0.2) is 22.1 Å². The summed E-state index contributed by atoms with van der Waals surface area (Å²) in [5.74, 6) is -0.0289. The molecule has 0 radical (unpaired) electrons. The lowest BCUT2D eigenvalue weighted by Gasteiger charge is -2.10. The second-order valence-corrected chi connectivity index (χ2v) is 4.71. The summed E-state index contributed by atoms with van der Waals surface area (Å²) >= 11 is 2.10. The lowest BCUT2D eigenvalue weighted by atomic mass is 10.2. The van der Waals surface area contributed by atoms with Gasteiger partial charge in [-0.05, 0) is 35.4 Å². The van der Waals surface area contributed by atoms with Crippen molar-refractivity contribution < 1.29 is 4.79 Å². The first-order chi connectivity index (χ1) is 6.77. The molecule has 0 aromatic carbocycles. The van der Waals surface area contributed by atoms with Crippen LogP contribution < -0.4 is 5.32 Å². The Hall–Kier alpha value is -0.590. The van der Waals surface area contributed by atoms with Crippen molar-refractivity contribution in [3.05, 3.63) is 15.5 Å². The topological polar surface area (TPSA) is 57.8 Å². The van der Waals surface area contributed by atoms with Crippen molar-refractivity contribution in [3.63, 3.8) is 0 Å². The monoisotopic (exact) mass is 305 g/mol. The molecule has 0 unspecified atom stereocenters. The fraction of sp³-hybridized carbons (Fsp3) is 0.556. The van der Waals surface area contributed by atoms with Gasteiger partial charge < -0.3 is 5.32 Å². The van der Waals surface area contributed by atoms with E-state index in [1.54, 1.807) is 6.20 Å². The highest BCUT2D eigenvalue weighted by Gasteiger charge is 2.19. The van der Waals surface area contributed by atoms with Gasteiger partial charge in [0, 0.05) is 6.04 Å². The standard InChI is InChI=1S/C9H12IN3O/c10-7-5-11-13-8(7)9(14)12-6-3-1-2-4-6/h5-6H,1-4H2,(H,11,13)(H,12,14). The summed E-state index contributed by atoms with van der Waals surface area (Å²) in [6.07, 6.45) is 6.33. The van der Waals surface area contributed by atoms with Crippen molar-refractivity contribution in [1.82, 2.24) is 15.5 Å². The van der Waals surface area contributed by atoms with Crippen molar-refractivity contribution >= 4 is 28.5 Å². The number of amides is 1. The van der Waals surface area contributed by atoms with E-state index >= 15 is 0 Å². The molecule has 0 spiro atoms. The quantitative estimate of drug-likeness (QED) is 0.817. The van der Waals surface area contributed by atoms with Gasteiger partial charge in [-0.3, -0.25) is 9.89 Å². The summed E-state index contributed by atoms with van der Waals surface area (Å²) < 4.78 is 0.873. The highest BCUT2D eigenvalue weighted by Crippen LogP contribution is 2.18. The van der Waals surface area contributed by atoms with Gasteiger partial charge in [-0.25, -0.2) is 0 Å². The molecule has 76 valence electrons. The van der Waals surface area contributed by atoms with Gasteiger partial charge in [0.25, 0.3) is 5.91 Å². The van der Waals surface area contributed by atoms with Crippen LogP contribution in [0.5, 0.6) is 0 Å². The summed E-state index contributed by atoms with van der Waals surface area (Å²) in [4.78, 5) is 11.7. The molecule has 1 heterocycles. The molecule has 2 N–H and O–H groups in total. The Balaban J connectivity index is 1.98. The molecule has 1 aromatic rings. The summed E-state index contributed by atoms with van der Waals surface area (Å²) in [7, 11) is 0. The second-order valence-electron chi connectivity index (χ2n) is 3.55. The minimum atomic E-state index is -0.0289. The van der Waals surface area contributed by atoms with Crippen LogP contribution >= 0.6 is 22.6 Å². The zero-order valence-electron chi connectivity index (χ0n) is 7.72. The van der Waals surface area contributed by atoms with E-state index in [4.69, 9.17) is 0 Å². The molecule has 1 aromatic heterocycles. The van der Waals surface area contributed by atoms with Gasteiger partial charge in [0.05, 0.1) is 9.77 Å². The first-order valence-corrected chi connectivity index (χ1v) is 5.85. The van der Waals surface area contributed by atoms with E-state index < -0.39 is 0 Å². The number of rotatable bonds is 2. The third-order valence-corrected chi connectivity index (χ3v) is 3.33. The summed E-state index contributed by atoms with van der Waals surface area (Å²) in [6.45, 7) is 0. The summed E-state index contributed by atoms with van der Waals surface area (Å²) in [5.41, 5.74) is 0.581. The van der Waals surface area contributed by atoms with E-state index in [2.05, 4.69) is 38.1 Å². The Labute approximate surface area is 96.0 Å². The molecule has 1 saturated carbocycles. The average Bonchev–Trinajstić information content (AvgIpc) is 2.75. The lowest BCUT2D eigenvalue weighted by Crippen LogP contribution is -2.33. The normalized spacial score (nSPS) is 17.2. The zero-order valence-corrected chi connectivity index (χ0v) is 9.87. The Bertz CT molecular complexity index is 331. The minimum absolute atomic E-state index is 0.0289. The van der Waals surface area contributed by atoms with Crippen molar-refractivity contribution in [2.75, 3.05) is 0 Å². The van der Waals surface area contributed by atoms with Crippen LogP contribution in [0.4, 0.5) is 0 Å². The van der Waals surface area contributed by atoms with Crippen LogP contribution in [0.3, 0.4) is 0 Å². The van der Waals surface area contributed by atoms with E-state index in [1.807, 2.05) is 0 Å². The highest BCUT2D eigenvalue weighted by molar-refractivity contribution is 14.1. The predicted octanol–water partition coefficient (Wildman–Crippen LogP) is 1.69. The van der Waals surface area contributed by atoms with Crippen LogP contribution in [0.1, 0.15) is 36.2 Å². The maximum absolute atomic E-state index is 11.7. The van der Waals surface area contributed by atoms with E-state index in [0.29, 0.717) is 11.7 Å². The van der Waals surface area contributed by atoms with Gasteiger partial charge in [-0.15, -0.1) is 0 Å². The van der Waals surface area contributed by atoms with Crippen molar-refractivity contribution in [2.24, 2.45) is 0 Å². The molecule has 5 heteroatoms. The number of hydrogen-bond donors (Lipinski definition) is 2. The Morgan fingerprint density at radius 3 is 2.86 bits per heavy atom. The summed E-state index contributed by atoms with van der Waals surface area (Å²) in [6, 6.07) is 0.363. The third-order valence-electron chi connectivity index (χ3n) is 2.51. The SMILES string of the molecule is O=C(NC1CCCC1)c1[nH]ncc1I. The molecular weight excluding hydrogens is 293 g/mol. The van der Waals surface area contributed by atoms with Crippen LogP contribution in [0, 0.1) is 3.57 Å². The smallest absolute Gasteiger partial charge is 0.270 e. The van der Waals surface area contributed by atoms with Crippen molar-refractivity contribution in [1.29, 1.82) is 0 Å². The maximum Gasteiger partial charge on any atom is 0.270 e. The number of H-pyrrole nitrogens is 1. The van der Waals surface area contributed by atoms with Gasteiger partial charge in [0.15, 0.2) is 0 Å². The fourth-order valence-corrected chi connectivity index (χ4v) is 2.26. The Morgan fingerprint density at radius 1 is 1.57 bits per heavy atom. The van der Waals surface area contributed by atoms with E-state index in [1.165, 1.54) is 12.8 Å². The fourth-order valence-electron chi connectivity index (χ4n) is 1.76. The number of aromatic amines is 1. The van der Waals surface area contributed by atoms with Gasteiger partial charge in [0.2, 0.25) is 0 Å². The van der Waals surface area contributed by atoms with Gasteiger partial charge >= 0.3 is 0 Å². The van der Waals surface area contributed by atoms with Crippen LogP contribution in [-0.2, 0) is 0 Å². The molecule has 1 fully saturated rings. The number of carbonyl (C=O) groups is 1. The first kappa shape index (κ1) is 9.95. The molecule has 1 aliphatic rings. The first-order valence-electron chi connectivity index (χ1n) is 4.77. The second kappa shape index (κ2) is 4.29. The molecule has 14 heavy (non-hydrogen) atoms. The average molecular weight is 305 g/mol. The zero-order chi connectivity index (χ0) is 9.97. The maximum atomic E-state index is 11.7. The molecule has 0 saturated heterocycles. The molecule has 1 aliphatic carbocycles. The lowest BCUT2D eigenvalue weighted by molar-refractivity contribution is 0.0932. The molecule has 0 aliphatic heterocycles. The predicted molar refractivity (Wildman–Crippen MR) is 61.0 cm³/mol. The van der Waals surface area contributed by atoms with Gasteiger partial charge in [0.1, 0.15) is 5.69 Å².